The monoisotopic (exact) mass is 383 g/mol. The molecule has 2 aromatic carbocycles. The number of rotatable bonds is 6. The molecule has 1 saturated heterocycles. The highest BCUT2D eigenvalue weighted by Gasteiger charge is 2.18. The van der Waals surface area contributed by atoms with Crippen LogP contribution in [0.25, 0.3) is 0 Å². The Labute approximate surface area is 164 Å². The van der Waals surface area contributed by atoms with E-state index in [1.807, 2.05) is 37.3 Å². The number of amides is 1. The summed E-state index contributed by atoms with van der Waals surface area (Å²) in [4.78, 5) is 12.6. The van der Waals surface area contributed by atoms with Crippen LogP contribution in [0, 0.1) is 0 Å². The molecule has 2 aliphatic heterocycles. The highest BCUT2D eigenvalue weighted by atomic mass is 16.6. The van der Waals surface area contributed by atoms with Crippen molar-refractivity contribution in [2.75, 3.05) is 26.4 Å². The van der Waals surface area contributed by atoms with Gasteiger partial charge in [-0.3, -0.25) is 4.79 Å². The van der Waals surface area contributed by atoms with E-state index in [9.17, 15) is 4.79 Å². The minimum atomic E-state index is -0.154. The first-order valence-electron chi connectivity index (χ1n) is 9.74. The molecule has 2 aromatic rings. The number of fused-ring (bicyclic) bond motifs is 1. The van der Waals surface area contributed by atoms with Gasteiger partial charge in [0.2, 0.25) is 0 Å². The molecule has 1 amide bonds. The number of carbonyl (C=O) groups is 1. The molecule has 2 heterocycles. The molecule has 148 valence electrons. The summed E-state index contributed by atoms with van der Waals surface area (Å²) >= 11 is 0. The zero-order chi connectivity index (χ0) is 19.3. The molecule has 28 heavy (non-hydrogen) atoms. The molecule has 2 aliphatic rings. The van der Waals surface area contributed by atoms with Gasteiger partial charge in [0.05, 0.1) is 12.1 Å². The topological polar surface area (TPSA) is 66.0 Å². The van der Waals surface area contributed by atoms with Crippen molar-refractivity contribution in [3.8, 4) is 17.2 Å². The molecule has 0 bridgehead atoms. The fraction of sp³-hybridized carbons (Fsp3) is 0.409. The predicted molar refractivity (Wildman–Crippen MR) is 104 cm³/mol. The lowest BCUT2D eigenvalue weighted by atomic mass is 10.1. The smallest absolute Gasteiger partial charge is 0.251 e. The van der Waals surface area contributed by atoms with E-state index < -0.39 is 0 Å². The van der Waals surface area contributed by atoms with Gasteiger partial charge in [-0.15, -0.1) is 0 Å². The molecule has 4 rings (SSSR count). The van der Waals surface area contributed by atoms with Gasteiger partial charge < -0.3 is 24.3 Å². The Hall–Kier alpha value is -2.73. The standard InChI is InChI=1S/C22H25NO5/c1-15(17-6-9-20-21(13-17)27-12-11-26-20)23-22(24)16-4-7-18(8-5-16)28-14-19-3-2-10-25-19/h4-9,13,15,19H,2-3,10-12,14H2,1H3,(H,23,24)/t15-,19+/m0/s1. The van der Waals surface area contributed by atoms with E-state index in [1.54, 1.807) is 12.1 Å². The largest absolute Gasteiger partial charge is 0.491 e. The van der Waals surface area contributed by atoms with Crippen LogP contribution in [0.15, 0.2) is 42.5 Å². The van der Waals surface area contributed by atoms with Crippen molar-refractivity contribution in [1.29, 1.82) is 0 Å². The zero-order valence-corrected chi connectivity index (χ0v) is 16.0. The summed E-state index contributed by atoms with van der Waals surface area (Å²) < 4.78 is 22.5. The first kappa shape index (κ1) is 18.6. The van der Waals surface area contributed by atoms with Crippen molar-refractivity contribution in [3.05, 3.63) is 53.6 Å². The molecule has 6 nitrogen and oxygen atoms in total. The molecular formula is C22H25NO5. The highest BCUT2D eigenvalue weighted by molar-refractivity contribution is 5.94. The van der Waals surface area contributed by atoms with E-state index in [0.717, 1.165) is 42.3 Å². The quantitative estimate of drug-likeness (QED) is 0.827. The van der Waals surface area contributed by atoms with Gasteiger partial charge in [0.15, 0.2) is 11.5 Å². The third kappa shape index (κ3) is 4.39. The highest BCUT2D eigenvalue weighted by Crippen LogP contribution is 2.32. The van der Waals surface area contributed by atoms with Gasteiger partial charge >= 0.3 is 0 Å². The van der Waals surface area contributed by atoms with Gasteiger partial charge in [0, 0.05) is 12.2 Å². The van der Waals surface area contributed by atoms with Gasteiger partial charge in [-0.2, -0.15) is 0 Å². The number of carbonyl (C=O) groups excluding carboxylic acids is 1. The van der Waals surface area contributed by atoms with Gasteiger partial charge in [0.25, 0.3) is 5.91 Å². The van der Waals surface area contributed by atoms with Crippen LogP contribution in [-0.2, 0) is 4.74 Å². The Morgan fingerprint density at radius 3 is 2.64 bits per heavy atom. The second kappa shape index (κ2) is 8.52. The van der Waals surface area contributed by atoms with E-state index in [-0.39, 0.29) is 18.1 Å². The fourth-order valence-electron chi connectivity index (χ4n) is 3.36. The second-order valence-corrected chi connectivity index (χ2v) is 7.07. The Kier molecular flexibility index (Phi) is 5.67. The Morgan fingerprint density at radius 1 is 1.11 bits per heavy atom. The van der Waals surface area contributed by atoms with Crippen molar-refractivity contribution in [2.45, 2.75) is 31.9 Å². The van der Waals surface area contributed by atoms with E-state index in [1.165, 1.54) is 0 Å². The van der Waals surface area contributed by atoms with Crippen LogP contribution in [0.3, 0.4) is 0 Å². The molecular weight excluding hydrogens is 358 g/mol. The normalized spacial score (nSPS) is 19.1. The number of nitrogens with one attached hydrogen (secondary N) is 1. The van der Waals surface area contributed by atoms with Gasteiger partial charge in [-0.05, 0) is 61.7 Å². The van der Waals surface area contributed by atoms with Crippen molar-refractivity contribution in [2.24, 2.45) is 0 Å². The third-order valence-electron chi connectivity index (χ3n) is 4.99. The second-order valence-electron chi connectivity index (χ2n) is 7.07. The molecule has 0 radical (unpaired) electrons. The van der Waals surface area contributed by atoms with Crippen molar-refractivity contribution in [1.82, 2.24) is 5.32 Å². The lowest BCUT2D eigenvalue weighted by molar-refractivity contribution is 0.0679. The summed E-state index contributed by atoms with van der Waals surface area (Å²) in [6.07, 6.45) is 2.31. The third-order valence-corrected chi connectivity index (χ3v) is 4.99. The molecule has 6 heteroatoms. The molecule has 2 atom stereocenters. The van der Waals surface area contributed by atoms with Crippen LogP contribution in [0.2, 0.25) is 0 Å². The molecule has 0 aliphatic carbocycles. The Morgan fingerprint density at radius 2 is 1.89 bits per heavy atom. The van der Waals surface area contributed by atoms with Crippen molar-refractivity contribution in [3.63, 3.8) is 0 Å². The summed E-state index contributed by atoms with van der Waals surface area (Å²) in [6.45, 7) is 4.41. The summed E-state index contributed by atoms with van der Waals surface area (Å²) in [5.74, 6) is 2.07. The van der Waals surface area contributed by atoms with Crippen LogP contribution in [0.1, 0.15) is 41.7 Å². The maximum absolute atomic E-state index is 12.6. The van der Waals surface area contributed by atoms with Crippen LogP contribution in [-0.4, -0.2) is 38.4 Å². The van der Waals surface area contributed by atoms with E-state index in [0.29, 0.717) is 25.4 Å². The molecule has 1 N–H and O–H groups in total. The summed E-state index contributed by atoms with van der Waals surface area (Å²) in [5.41, 5.74) is 1.56. The van der Waals surface area contributed by atoms with Crippen molar-refractivity contribution >= 4 is 5.91 Å². The maximum Gasteiger partial charge on any atom is 0.251 e. The summed E-state index contributed by atoms with van der Waals surface area (Å²) in [6, 6.07) is 12.8. The van der Waals surface area contributed by atoms with Crippen LogP contribution < -0.4 is 19.5 Å². The molecule has 0 aromatic heterocycles. The van der Waals surface area contributed by atoms with Gasteiger partial charge in [-0.25, -0.2) is 0 Å². The minimum Gasteiger partial charge on any atom is -0.491 e. The average Bonchev–Trinajstić information content (AvgIpc) is 3.26. The zero-order valence-electron chi connectivity index (χ0n) is 16.0. The molecule has 0 spiro atoms. The predicted octanol–water partition coefficient (Wildman–Crippen LogP) is 3.51. The number of hydrogen-bond acceptors (Lipinski definition) is 5. The maximum atomic E-state index is 12.6. The lowest BCUT2D eigenvalue weighted by Gasteiger charge is -2.21. The summed E-state index contributed by atoms with van der Waals surface area (Å²) in [7, 11) is 0. The Bertz CT molecular complexity index is 814. The van der Waals surface area contributed by atoms with Crippen molar-refractivity contribution < 1.29 is 23.7 Å². The molecule has 0 saturated carbocycles. The Balaban J connectivity index is 1.33. The summed E-state index contributed by atoms with van der Waals surface area (Å²) in [5, 5.41) is 3.02. The van der Waals surface area contributed by atoms with Crippen LogP contribution >= 0.6 is 0 Å². The number of benzene rings is 2. The van der Waals surface area contributed by atoms with Gasteiger partial charge in [-0.1, -0.05) is 6.07 Å². The fourth-order valence-corrected chi connectivity index (χ4v) is 3.36. The minimum absolute atomic E-state index is 0.131. The molecule has 0 unspecified atom stereocenters. The van der Waals surface area contributed by atoms with E-state index in [2.05, 4.69) is 5.32 Å². The lowest BCUT2D eigenvalue weighted by Crippen LogP contribution is -2.26. The first-order chi connectivity index (χ1) is 13.7. The SMILES string of the molecule is C[C@H](NC(=O)c1ccc(OC[C@H]2CCCO2)cc1)c1ccc2c(c1)OCCO2. The van der Waals surface area contributed by atoms with Gasteiger partial charge in [0.1, 0.15) is 25.6 Å². The van der Waals surface area contributed by atoms with E-state index >= 15 is 0 Å². The average molecular weight is 383 g/mol. The van der Waals surface area contributed by atoms with Crippen LogP contribution in [0.5, 0.6) is 17.2 Å². The number of ether oxygens (including phenoxy) is 4. The number of hydrogen-bond donors (Lipinski definition) is 1. The van der Waals surface area contributed by atoms with E-state index in [4.69, 9.17) is 18.9 Å². The molecule has 1 fully saturated rings. The van der Waals surface area contributed by atoms with Crippen LogP contribution in [0.4, 0.5) is 0 Å². The first-order valence-corrected chi connectivity index (χ1v) is 9.74.